The second-order valence-corrected chi connectivity index (χ2v) is 6.15. The average Bonchev–Trinajstić information content (AvgIpc) is 2.01. The molecule has 1 saturated heterocycles. The second kappa shape index (κ2) is 4.43. The fraction of sp³-hybridized carbons (Fsp3) is 0.900. The minimum atomic E-state index is -0.384. The van der Waals surface area contributed by atoms with Gasteiger partial charge in [0.25, 0.3) is 0 Å². The van der Waals surface area contributed by atoms with Gasteiger partial charge < -0.3 is 9.64 Å². The predicted octanol–water partition coefficient (Wildman–Crippen LogP) is 2.36. The highest BCUT2D eigenvalue weighted by molar-refractivity contribution is 7.99. The zero-order valence-corrected chi connectivity index (χ0v) is 10.2. The van der Waals surface area contributed by atoms with E-state index in [0.29, 0.717) is 5.25 Å². The van der Waals surface area contributed by atoms with Crippen LogP contribution in [-0.4, -0.2) is 40.7 Å². The minimum Gasteiger partial charge on any atom is -0.444 e. The molecule has 0 aliphatic carbocycles. The molecule has 1 atom stereocenters. The number of thioether (sulfide) groups is 1. The number of carbonyl (C=O) groups excluding carboxylic acids is 1. The molecule has 1 unspecified atom stereocenters. The van der Waals surface area contributed by atoms with Gasteiger partial charge >= 0.3 is 6.09 Å². The third-order valence-electron chi connectivity index (χ3n) is 1.89. The molecular weight excluding hydrogens is 198 g/mol. The first-order valence-corrected chi connectivity index (χ1v) is 6.03. The molecule has 1 amide bonds. The van der Waals surface area contributed by atoms with E-state index in [9.17, 15) is 4.79 Å². The van der Waals surface area contributed by atoms with Crippen LogP contribution in [0.2, 0.25) is 0 Å². The van der Waals surface area contributed by atoms with Gasteiger partial charge in [0.2, 0.25) is 0 Å². The molecule has 1 aliphatic heterocycles. The van der Waals surface area contributed by atoms with Crippen molar-refractivity contribution in [2.75, 3.05) is 18.8 Å². The van der Waals surface area contributed by atoms with Gasteiger partial charge in [0.05, 0.1) is 0 Å². The number of carbonyl (C=O) groups is 1. The highest BCUT2D eigenvalue weighted by Gasteiger charge is 2.25. The van der Waals surface area contributed by atoms with E-state index in [1.165, 1.54) is 0 Å². The van der Waals surface area contributed by atoms with Crippen molar-refractivity contribution < 1.29 is 9.53 Å². The Kier molecular flexibility index (Phi) is 3.70. The molecule has 0 aromatic heterocycles. The Bertz CT molecular complexity index is 213. The SMILES string of the molecule is CC1CN(C(=O)OC(C)(C)C)CCS1. The molecule has 0 spiro atoms. The smallest absolute Gasteiger partial charge is 0.410 e. The summed E-state index contributed by atoms with van der Waals surface area (Å²) in [5.41, 5.74) is -0.384. The lowest BCUT2D eigenvalue weighted by Gasteiger charge is -2.32. The van der Waals surface area contributed by atoms with Crippen LogP contribution in [0.3, 0.4) is 0 Å². The fourth-order valence-electron chi connectivity index (χ4n) is 1.31. The van der Waals surface area contributed by atoms with Crippen molar-refractivity contribution in [1.29, 1.82) is 0 Å². The van der Waals surface area contributed by atoms with Gasteiger partial charge in [-0.05, 0) is 20.8 Å². The van der Waals surface area contributed by atoms with Crippen molar-refractivity contribution in [3.8, 4) is 0 Å². The van der Waals surface area contributed by atoms with Gasteiger partial charge in [-0.1, -0.05) is 6.92 Å². The van der Waals surface area contributed by atoms with E-state index in [0.717, 1.165) is 18.8 Å². The van der Waals surface area contributed by atoms with E-state index in [4.69, 9.17) is 4.74 Å². The van der Waals surface area contributed by atoms with E-state index in [1.54, 1.807) is 4.90 Å². The first-order chi connectivity index (χ1) is 6.38. The molecule has 0 saturated carbocycles. The van der Waals surface area contributed by atoms with Gasteiger partial charge in [0.15, 0.2) is 0 Å². The Labute approximate surface area is 90.2 Å². The number of amides is 1. The Hall–Kier alpha value is -0.380. The van der Waals surface area contributed by atoms with Crippen LogP contribution >= 0.6 is 11.8 Å². The standard InChI is InChI=1S/C10H19NO2S/c1-8-7-11(5-6-14-8)9(12)13-10(2,3)4/h8H,5-7H2,1-4H3. The molecule has 1 fully saturated rings. The quantitative estimate of drug-likeness (QED) is 0.624. The number of hydrogen-bond acceptors (Lipinski definition) is 3. The number of rotatable bonds is 0. The summed E-state index contributed by atoms with van der Waals surface area (Å²) in [5, 5.41) is 0.524. The minimum absolute atomic E-state index is 0.176. The maximum absolute atomic E-state index is 11.7. The summed E-state index contributed by atoms with van der Waals surface area (Å²) in [6.45, 7) is 9.44. The van der Waals surface area contributed by atoms with Crippen molar-refractivity contribution >= 4 is 17.9 Å². The lowest BCUT2D eigenvalue weighted by atomic mass is 10.2. The van der Waals surface area contributed by atoms with Crippen LogP contribution in [-0.2, 0) is 4.74 Å². The third kappa shape index (κ3) is 3.78. The van der Waals surface area contributed by atoms with Crippen LogP contribution in [0.5, 0.6) is 0 Å². The molecule has 0 bridgehead atoms. The molecule has 82 valence electrons. The van der Waals surface area contributed by atoms with Crippen molar-refractivity contribution in [3.05, 3.63) is 0 Å². The van der Waals surface area contributed by atoms with Gasteiger partial charge in [-0.3, -0.25) is 0 Å². The Morgan fingerprint density at radius 1 is 1.50 bits per heavy atom. The summed E-state index contributed by atoms with van der Waals surface area (Å²) in [7, 11) is 0. The molecule has 0 aromatic carbocycles. The van der Waals surface area contributed by atoms with Gasteiger partial charge in [-0.15, -0.1) is 0 Å². The summed E-state index contributed by atoms with van der Waals surface area (Å²) in [5.74, 6) is 1.01. The maximum atomic E-state index is 11.7. The van der Waals surface area contributed by atoms with Crippen LogP contribution in [0, 0.1) is 0 Å². The summed E-state index contributed by atoms with van der Waals surface area (Å²) in [6, 6.07) is 0. The van der Waals surface area contributed by atoms with Crippen LogP contribution in [0.25, 0.3) is 0 Å². The van der Waals surface area contributed by atoms with Gasteiger partial charge in [0, 0.05) is 24.1 Å². The molecule has 3 nitrogen and oxygen atoms in total. The molecular formula is C10H19NO2S. The second-order valence-electron chi connectivity index (χ2n) is 4.61. The molecule has 1 heterocycles. The lowest BCUT2D eigenvalue weighted by Crippen LogP contribution is -2.43. The lowest BCUT2D eigenvalue weighted by molar-refractivity contribution is 0.0259. The molecule has 1 rings (SSSR count). The first-order valence-electron chi connectivity index (χ1n) is 4.98. The average molecular weight is 217 g/mol. The largest absolute Gasteiger partial charge is 0.444 e. The molecule has 0 radical (unpaired) electrons. The zero-order chi connectivity index (χ0) is 10.8. The number of hydrogen-bond donors (Lipinski definition) is 0. The van der Waals surface area contributed by atoms with Crippen LogP contribution in [0.1, 0.15) is 27.7 Å². The van der Waals surface area contributed by atoms with E-state index in [1.807, 2.05) is 32.5 Å². The normalized spacial score (nSPS) is 23.4. The molecule has 14 heavy (non-hydrogen) atoms. The Balaban J connectivity index is 2.44. The van der Waals surface area contributed by atoms with Crippen molar-refractivity contribution in [3.63, 3.8) is 0 Å². The van der Waals surface area contributed by atoms with E-state index >= 15 is 0 Å². The third-order valence-corrected chi connectivity index (χ3v) is 3.03. The van der Waals surface area contributed by atoms with E-state index < -0.39 is 0 Å². The molecule has 4 heteroatoms. The van der Waals surface area contributed by atoms with Crippen LogP contribution < -0.4 is 0 Å². The van der Waals surface area contributed by atoms with Crippen molar-refractivity contribution in [1.82, 2.24) is 4.90 Å². The van der Waals surface area contributed by atoms with Crippen LogP contribution in [0.15, 0.2) is 0 Å². The molecule has 0 aromatic rings. The fourth-order valence-corrected chi connectivity index (χ4v) is 2.32. The summed E-state index contributed by atoms with van der Waals surface area (Å²) in [4.78, 5) is 13.5. The summed E-state index contributed by atoms with van der Waals surface area (Å²) < 4.78 is 5.30. The van der Waals surface area contributed by atoms with Gasteiger partial charge in [-0.2, -0.15) is 11.8 Å². The Morgan fingerprint density at radius 3 is 2.64 bits per heavy atom. The first kappa shape index (κ1) is 11.7. The highest BCUT2D eigenvalue weighted by atomic mass is 32.2. The summed E-state index contributed by atoms with van der Waals surface area (Å²) >= 11 is 1.91. The van der Waals surface area contributed by atoms with Crippen molar-refractivity contribution in [2.45, 2.75) is 38.5 Å². The number of ether oxygens (including phenoxy) is 1. The molecule has 0 N–H and O–H groups in total. The number of nitrogens with zero attached hydrogens (tertiary/aromatic N) is 1. The zero-order valence-electron chi connectivity index (χ0n) is 9.37. The monoisotopic (exact) mass is 217 g/mol. The van der Waals surface area contributed by atoms with Crippen molar-refractivity contribution in [2.24, 2.45) is 0 Å². The predicted molar refractivity (Wildman–Crippen MR) is 59.7 cm³/mol. The van der Waals surface area contributed by atoms with E-state index in [-0.39, 0.29) is 11.7 Å². The summed E-state index contributed by atoms with van der Waals surface area (Å²) in [6.07, 6.45) is -0.176. The molecule has 1 aliphatic rings. The Morgan fingerprint density at radius 2 is 2.14 bits per heavy atom. The maximum Gasteiger partial charge on any atom is 0.410 e. The highest BCUT2D eigenvalue weighted by Crippen LogP contribution is 2.19. The van der Waals surface area contributed by atoms with Gasteiger partial charge in [0.1, 0.15) is 5.60 Å². The van der Waals surface area contributed by atoms with Gasteiger partial charge in [-0.25, -0.2) is 4.79 Å². The topological polar surface area (TPSA) is 29.5 Å². The van der Waals surface area contributed by atoms with Crippen LogP contribution in [0.4, 0.5) is 4.79 Å². The van der Waals surface area contributed by atoms with E-state index in [2.05, 4.69) is 6.92 Å².